The Morgan fingerprint density at radius 3 is 3.00 bits per heavy atom. The topological polar surface area (TPSA) is 23.5 Å². The molecule has 3 unspecified atom stereocenters. The molecule has 2 heterocycles. The van der Waals surface area contributed by atoms with E-state index in [1.807, 2.05) is 0 Å². The van der Waals surface area contributed by atoms with Crippen molar-refractivity contribution in [1.29, 1.82) is 0 Å². The number of piperidine rings is 2. The summed E-state index contributed by atoms with van der Waals surface area (Å²) in [4.78, 5) is 2.49. The summed E-state index contributed by atoms with van der Waals surface area (Å²) in [7, 11) is 0. The summed E-state index contributed by atoms with van der Waals surface area (Å²) in [6, 6.07) is 0.495. The number of rotatable bonds is 0. The summed E-state index contributed by atoms with van der Waals surface area (Å²) in [5, 5.41) is 9.83. The molecule has 2 fully saturated rings. The zero-order valence-electron chi connectivity index (χ0n) is 7.87. The lowest BCUT2D eigenvalue weighted by molar-refractivity contribution is -0.0287. The van der Waals surface area contributed by atoms with Gasteiger partial charge in [0.15, 0.2) is 0 Å². The van der Waals surface area contributed by atoms with Crippen molar-refractivity contribution in [1.82, 2.24) is 4.90 Å². The second-order valence-corrected chi connectivity index (χ2v) is 4.47. The molecule has 2 aliphatic heterocycles. The third-order valence-corrected chi connectivity index (χ3v) is 3.30. The van der Waals surface area contributed by atoms with Crippen molar-refractivity contribution in [2.45, 2.75) is 44.8 Å². The van der Waals surface area contributed by atoms with E-state index in [4.69, 9.17) is 0 Å². The number of fused-ring (bicyclic) bond motifs is 1. The van der Waals surface area contributed by atoms with Gasteiger partial charge in [-0.2, -0.15) is 0 Å². The van der Waals surface area contributed by atoms with Crippen LogP contribution in [0.3, 0.4) is 0 Å². The molecule has 2 heteroatoms. The van der Waals surface area contributed by atoms with Gasteiger partial charge >= 0.3 is 0 Å². The van der Waals surface area contributed by atoms with Crippen LogP contribution in [-0.4, -0.2) is 35.2 Å². The Kier molecular flexibility index (Phi) is 2.37. The number of nitrogens with zero attached hydrogens (tertiary/aromatic N) is 1. The first-order valence-electron chi connectivity index (χ1n) is 5.19. The summed E-state index contributed by atoms with van der Waals surface area (Å²) < 4.78 is 0. The van der Waals surface area contributed by atoms with Crippen molar-refractivity contribution in [3.8, 4) is 0 Å². The summed E-state index contributed by atoms with van der Waals surface area (Å²) in [6.07, 6.45) is 4.83. The number of hydrogen-bond acceptors (Lipinski definition) is 2. The maximum absolute atomic E-state index is 9.83. The van der Waals surface area contributed by atoms with E-state index in [0.29, 0.717) is 12.0 Å². The van der Waals surface area contributed by atoms with Crippen molar-refractivity contribution in [3.05, 3.63) is 0 Å². The minimum atomic E-state index is -0.0472. The molecule has 1 N–H and O–H groups in total. The van der Waals surface area contributed by atoms with Gasteiger partial charge in [-0.15, -0.1) is 0 Å². The Bertz CT molecular complexity index is 160. The molecule has 0 bridgehead atoms. The third kappa shape index (κ3) is 1.50. The van der Waals surface area contributed by atoms with E-state index in [2.05, 4.69) is 11.8 Å². The highest BCUT2D eigenvalue weighted by molar-refractivity contribution is 4.88. The van der Waals surface area contributed by atoms with Crippen molar-refractivity contribution >= 4 is 0 Å². The lowest BCUT2D eigenvalue weighted by atomic mass is 9.86. The zero-order valence-corrected chi connectivity index (χ0v) is 7.87. The third-order valence-electron chi connectivity index (χ3n) is 3.30. The van der Waals surface area contributed by atoms with Gasteiger partial charge in [0.25, 0.3) is 0 Å². The Morgan fingerprint density at radius 1 is 1.33 bits per heavy atom. The highest BCUT2D eigenvalue weighted by Gasteiger charge is 2.34. The first kappa shape index (κ1) is 8.52. The van der Waals surface area contributed by atoms with Gasteiger partial charge in [-0.3, -0.25) is 4.90 Å². The maximum atomic E-state index is 9.83. The average Bonchev–Trinajstić information content (AvgIpc) is 2.04. The van der Waals surface area contributed by atoms with Gasteiger partial charge in [-0.05, 0) is 31.7 Å². The summed E-state index contributed by atoms with van der Waals surface area (Å²) in [5.41, 5.74) is 0. The molecule has 2 aliphatic rings. The molecule has 0 aromatic carbocycles. The van der Waals surface area contributed by atoms with Gasteiger partial charge in [0, 0.05) is 12.6 Å². The fraction of sp³-hybridized carbons (Fsp3) is 1.00. The van der Waals surface area contributed by atoms with E-state index in [0.717, 1.165) is 6.42 Å². The molecule has 2 rings (SSSR count). The minimum Gasteiger partial charge on any atom is -0.391 e. The molecule has 0 radical (unpaired) electrons. The summed E-state index contributed by atoms with van der Waals surface area (Å²) in [6.45, 7) is 4.67. The number of aliphatic hydroxyl groups is 1. The van der Waals surface area contributed by atoms with Crippen molar-refractivity contribution in [2.24, 2.45) is 5.92 Å². The van der Waals surface area contributed by atoms with Crippen LogP contribution >= 0.6 is 0 Å². The van der Waals surface area contributed by atoms with E-state index in [1.165, 1.54) is 32.4 Å². The SMILES string of the molecule is CC1CC(O)C2CCCCN2C1. The molecule has 0 amide bonds. The van der Waals surface area contributed by atoms with Crippen LogP contribution < -0.4 is 0 Å². The fourth-order valence-electron chi connectivity index (χ4n) is 2.72. The zero-order chi connectivity index (χ0) is 8.55. The highest BCUT2D eigenvalue weighted by Crippen LogP contribution is 2.28. The molecular weight excluding hydrogens is 150 g/mol. The van der Waals surface area contributed by atoms with Crippen molar-refractivity contribution < 1.29 is 5.11 Å². The molecule has 0 spiro atoms. The quantitative estimate of drug-likeness (QED) is 0.590. The van der Waals surface area contributed by atoms with Crippen LogP contribution in [-0.2, 0) is 0 Å². The van der Waals surface area contributed by atoms with Gasteiger partial charge in [0.05, 0.1) is 6.10 Å². The van der Waals surface area contributed by atoms with Crippen LogP contribution in [0.5, 0.6) is 0 Å². The normalized spacial score (nSPS) is 44.0. The Morgan fingerprint density at radius 2 is 2.17 bits per heavy atom. The standard InChI is InChI=1S/C10H19NO/c1-8-6-10(12)9-4-2-3-5-11(9)7-8/h8-10,12H,2-7H2,1H3. The molecule has 0 aliphatic carbocycles. The minimum absolute atomic E-state index is 0.0472. The predicted octanol–water partition coefficient (Wildman–Crippen LogP) is 1.24. The first-order chi connectivity index (χ1) is 5.77. The molecule has 70 valence electrons. The van der Waals surface area contributed by atoms with Crippen LogP contribution in [0.15, 0.2) is 0 Å². The number of hydrogen-bond donors (Lipinski definition) is 1. The van der Waals surface area contributed by atoms with E-state index in [-0.39, 0.29) is 6.10 Å². The smallest absolute Gasteiger partial charge is 0.0698 e. The molecule has 2 nitrogen and oxygen atoms in total. The van der Waals surface area contributed by atoms with Crippen molar-refractivity contribution in [2.75, 3.05) is 13.1 Å². The largest absolute Gasteiger partial charge is 0.391 e. The molecule has 3 atom stereocenters. The molecule has 0 aromatic rings. The molecule has 0 saturated carbocycles. The first-order valence-corrected chi connectivity index (χ1v) is 5.19. The van der Waals surface area contributed by atoms with Crippen molar-refractivity contribution in [3.63, 3.8) is 0 Å². The van der Waals surface area contributed by atoms with Crippen LogP contribution in [0.4, 0.5) is 0 Å². The second-order valence-electron chi connectivity index (χ2n) is 4.47. The lowest BCUT2D eigenvalue weighted by Crippen LogP contribution is -2.52. The van der Waals surface area contributed by atoms with Gasteiger partial charge in [0.2, 0.25) is 0 Å². The Labute approximate surface area is 74.6 Å². The monoisotopic (exact) mass is 169 g/mol. The van der Waals surface area contributed by atoms with Gasteiger partial charge in [-0.1, -0.05) is 13.3 Å². The van der Waals surface area contributed by atoms with E-state index in [1.54, 1.807) is 0 Å². The molecule has 2 saturated heterocycles. The van der Waals surface area contributed by atoms with E-state index >= 15 is 0 Å². The average molecular weight is 169 g/mol. The van der Waals surface area contributed by atoms with E-state index in [9.17, 15) is 5.11 Å². The van der Waals surface area contributed by atoms with Crippen LogP contribution in [0.1, 0.15) is 32.6 Å². The summed E-state index contributed by atoms with van der Waals surface area (Å²) >= 11 is 0. The Hall–Kier alpha value is -0.0800. The highest BCUT2D eigenvalue weighted by atomic mass is 16.3. The van der Waals surface area contributed by atoms with Crippen LogP contribution in [0, 0.1) is 5.92 Å². The van der Waals surface area contributed by atoms with Crippen LogP contribution in [0.25, 0.3) is 0 Å². The Balaban J connectivity index is 2.01. The van der Waals surface area contributed by atoms with Gasteiger partial charge in [-0.25, -0.2) is 0 Å². The predicted molar refractivity (Wildman–Crippen MR) is 49.0 cm³/mol. The summed E-state index contributed by atoms with van der Waals surface area (Å²) in [5.74, 6) is 0.689. The molecule has 0 aromatic heterocycles. The lowest BCUT2D eigenvalue weighted by Gasteiger charge is -2.44. The van der Waals surface area contributed by atoms with Crippen LogP contribution in [0.2, 0.25) is 0 Å². The maximum Gasteiger partial charge on any atom is 0.0698 e. The molecular formula is C10H19NO. The number of aliphatic hydroxyl groups excluding tert-OH is 1. The second kappa shape index (κ2) is 3.35. The molecule has 12 heavy (non-hydrogen) atoms. The van der Waals surface area contributed by atoms with Gasteiger partial charge in [0.1, 0.15) is 0 Å². The fourth-order valence-corrected chi connectivity index (χ4v) is 2.72. The van der Waals surface area contributed by atoms with E-state index < -0.39 is 0 Å². The van der Waals surface area contributed by atoms with Gasteiger partial charge < -0.3 is 5.11 Å².